The average molecular weight is 533 g/mol. The van der Waals surface area contributed by atoms with E-state index < -0.39 is 17.8 Å². The van der Waals surface area contributed by atoms with Crippen LogP contribution in [0.4, 0.5) is 10.5 Å². The minimum Gasteiger partial charge on any atom is -0.444 e. The van der Waals surface area contributed by atoms with Gasteiger partial charge in [0.2, 0.25) is 5.91 Å². The molecule has 206 valence electrons. The molecule has 1 saturated heterocycles. The number of fused-ring (bicyclic) bond motifs is 1. The van der Waals surface area contributed by atoms with Crippen molar-refractivity contribution < 1.29 is 23.9 Å². The lowest BCUT2D eigenvalue weighted by atomic mass is 10.1. The predicted molar refractivity (Wildman–Crippen MR) is 148 cm³/mol. The molecule has 0 spiro atoms. The predicted octanol–water partition coefficient (Wildman–Crippen LogP) is 4.41. The minimum absolute atomic E-state index is 0.121. The van der Waals surface area contributed by atoms with E-state index in [0.29, 0.717) is 13.1 Å². The summed E-state index contributed by atoms with van der Waals surface area (Å²) in [6.45, 7) is 6.87. The Morgan fingerprint density at radius 3 is 2.49 bits per heavy atom. The molecule has 1 unspecified atom stereocenters. The van der Waals surface area contributed by atoms with Gasteiger partial charge in [-0.1, -0.05) is 36.4 Å². The zero-order valence-electron chi connectivity index (χ0n) is 22.8. The maximum absolute atomic E-state index is 13.7. The van der Waals surface area contributed by atoms with Gasteiger partial charge in [0.25, 0.3) is 5.91 Å². The maximum Gasteiger partial charge on any atom is 0.410 e. The van der Waals surface area contributed by atoms with Crippen LogP contribution in [0.2, 0.25) is 0 Å². The van der Waals surface area contributed by atoms with Gasteiger partial charge in [0.1, 0.15) is 12.1 Å². The van der Waals surface area contributed by atoms with E-state index in [2.05, 4.69) is 5.32 Å². The number of hydrogen-bond donors (Lipinski definition) is 1. The van der Waals surface area contributed by atoms with Crippen molar-refractivity contribution in [3.05, 3.63) is 66.4 Å². The molecule has 9 heteroatoms. The van der Waals surface area contributed by atoms with Gasteiger partial charge in [-0.25, -0.2) is 4.79 Å². The van der Waals surface area contributed by atoms with Crippen LogP contribution in [-0.2, 0) is 32.2 Å². The fourth-order valence-corrected chi connectivity index (χ4v) is 4.89. The Bertz CT molecular complexity index is 1340. The first kappa shape index (κ1) is 26.7. The molecule has 2 heterocycles. The summed E-state index contributed by atoms with van der Waals surface area (Å²) in [7, 11) is 0. The van der Waals surface area contributed by atoms with Gasteiger partial charge in [0.15, 0.2) is 6.10 Å². The molecule has 2 fully saturated rings. The maximum atomic E-state index is 13.7. The fraction of sp³-hybridized carbons (Fsp3) is 0.433. The molecule has 9 nitrogen and oxygen atoms in total. The van der Waals surface area contributed by atoms with Crippen molar-refractivity contribution in [2.45, 2.75) is 64.4 Å². The highest BCUT2D eigenvalue weighted by molar-refractivity contribution is 5.93. The summed E-state index contributed by atoms with van der Waals surface area (Å²) in [6, 6.07) is 17.4. The van der Waals surface area contributed by atoms with Crippen LogP contribution in [0.1, 0.15) is 39.2 Å². The summed E-state index contributed by atoms with van der Waals surface area (Å²) < 4.78 is 13.3. The SMILES string of the molecule is CC(C)(C)OC(=O)N1CCOC(C(=O)N(Cc2cn(CC(=O)Nc3ccccc3)c3ccccc23)C2CC2)C1. The number of morpholine rings is 1. The third kappa shape index (κ3) is 6.60. The van der Waals surface area contributed by atoms with Crippen LogP contribution < -0.4 is 5.32 Å². The molecule has 1 saturated carbocycles. The highest BCUT2D eigenvalue weighted by Gasteiger charge is 2.39. The molecule has 2 aromatic carbocycles. The molecule has 3 amide bonds. The molecule has 0 bridgehead atoms. The van der Waals surface area contributed by atoms with Crippen molar-refractivity contribution in [2.24, 2.45) is 0 Å². The van der Waals surface area contributed by atoms with Gasteiger partial charge in [-0.15, -0.1) is 0 Å². The number of nitrogens with one attached hydrogen (secondary N) is 1. The largest absolute Gasteiger partial charge is 0.444 e. The van der Waals surface area contributed by atoms with Crippen molar-refractivity contribution in [1.29, 1.82) is 0 Å². The van der Waals surface area contributed by atoms with Crippen molar-refractivity contribution in [2.75, 3.05) is 25.0 Å². The summed E-state index contributed by atoms with van der Waals surface area (Å²) in [5, 5.41) is 3.94. The number of carbonyl (C=O) groups excluding carboxylic acids is 3. The Morgan fingerprint density at radius 1 is 1.05 bits per heavy atom. The topological polar surface area (TPSA) is 93.1 Å². The van der Waals surface area contributed by atoms with Crippen LogP contribution >= 0.6 is 0 Å². The van der Waals surface area contributed by atoms with Crippen LogP contribution in [-0.4, -0.2) is 69.7 Å². The van der Waals surface area contributed by atoms with Gasteiger partial charge in [0.05, 0.1) is 13.2 Å². The van der Waals surface area contributed by atoms with Crippen LogP contribution in [0.15, 0.2) is 60.8 Å². The van der Waals surface area contributed by atoms with E-state index in [-0.39, 0.29) is 37.6 Å². The molecule has 3 aromatic rings. The number of para-hydroxylation sites is 2. The number of ether oxygens (including phenoxy) is 2. The fourth-order valence-electron chi connectivity index (χ4n) is 4.89. The molecule has 1 aliphatic heterocycles. The van der Waals surface area contributed by atoms with E-state index >= 15 is 0 Å². The molecular weight excluding hydrogens is 496 g/mol. The van der Waals surface area contributed by atoms with Crippen molar-refractivity contribution >= 4 is 34.5 Å². The third-order valence-corrected chi connectivity index (χ3v) is 6.85. The molecule has 2 aliphatic rings. The summed E-state index contributed by atoms with van der Waals surface area (Å²) in [4.78, 5) is 42.6. The van der Waals surface area contributed by atoms with Crippen molar-refractivity contribution in [3.8, 4) is 0 Å². The molecular formula is C30H36N4O5. The first-order valence-electron chi connectivity index (χ1n) is 13.5. The molecule has 1 atom stereocenters. The number of aromatic nitrogens is 1. The second kappa shape index (κ2) is 11.1. The number of hydrogen-bond acceptors (Lipinski definition) is 5. The minimum atomic E-state index is -0.739. The first-order valence-corrected chi connectivity index (χ1v) is 13.5. The summed E-state index contributed by atoms with van der Waals surface area (Å²) in [6.07, 6.45) is 2.67. The number of rotatable bonds is 7. The van der Waals surface area contributed by atoms with E-state index in [1.54, 1.807) is 4.90 Å². The molecule has 1 aliphatic carbocycles. The Kier molecular flexibility index (Phi) is 7.61. The van der Waals surface area contributed by atoms with Crippen molar-refractivity contribution in [1.82, 2.24) is 14.4 Å². The number of anilines is 1. The molecule has 0 radical (unpaired) electrons. The highest BCUT2D eigenvalue weighted by atomic mass is 16.6. The summed E-state index contributed by atoms with van der Waals surface area (Å²) in [5.74, 6) is -0.245. The Labute approximate surface area is 228 Å². The van der Waals surface area contributed by atoms with Gasteiger partial charge < -0.3 is 29.2 Å². The number of benzene rings is 2. The lowest BCUT2D eigenvalue weighted by molar-refractivity contribution is -0.150. The zero-order valence-corrected chi connectivity index (χ0v) is 22.8. The smallest absolute Gasteiger partial charge is 0.410 e. The van der Waals surface area contributed by atoms with Crippen LogP contribution in [0, 0.1) is 0 Å². The van der Waals surface area contributed by atoms with Gasteiger partial charge >= 0.3 is 6.09 Å². The van der Waals surface area contributed by atoms with Gasteiger partial charge in [0, 0.05) is 41.9 Å². The van der Waals surface area contributed by atoms with Crippen LogP contribution in [0.25, 0.3) is 10.9 Å². The lowest BCUT2D eigenvalue weighted by Crippen LogP contribution is -2.53. The lowest BCUT2D eigenvalue weighted by Gasteiger charge is -2.35. The average Bonchev–Trinajstić information content (AvgIpc) is 3.70. The van der Waals surface area contributed by atoms with E-state index in [9.17, 15) is 14.4 Å². The first-order chi connectivity index (χ1) is 18.7. The van der Waals surface area contributed by atoms with Gasteiger partial charge in [-0.05, 0) is 57.4 Å². The summed E-state index contributed by atoms with van der Waals surface area (Å²) in [5.41, 5.74) is 2.04. The quantitative estimate of drug-likeness (QED) is 0.487. The van der Waals surface area contributed by atoms with E-state index in [0.717, 1.165) is 35.0 Å². The number of amides is 3. The molecule has 1 N–H and O–H groups in total. The van der Waals surface area contributed by atoms with Crippen LogP contribution in [0.5, 0.6) is 0 Å². The Hall–Kier alpha value is -3.85. The zero-order chi connectivity index (χ0) is 27.6. The monoisotopic (exact) mass is 532 g/mol. The van der Waals surface area contributed by atoms with E-state index in [1.807, 2.05) is 91.0 Å². The van der Waals surface area contributed by atoms with E-state index in [4.69, 9.17) is 9.47 Å². The summed E-state index contributed by atoms with van der Waals surface area (Å²) >= 11 is 0. The Balaban J connectivity index is 1.32. The number of nitrogens with zero attached hydrogens (tertiary/aromatic N) is 3. The standard InChI is InChI=1S/C30H36N4O5/c1-30(2,3)39-29(37)32-15-16-38-26(19-32)28(36)34(23-13-14-23)18-21-17-33(25-12-8-7-11-24(21)25)20-27(35)31-22-9-5-4-6-10-22/h4-12,17,23,26H,13-16,18-20H2,1-3H3,(H,31,35). The number of carbonyl (C=O) groups is 3. The Morgan fingerprint density at radius 2 is 1.77 bits per heavy atom. The van der Waals surface area contributed by atoms with Crippen molar-refractivity contribution in [3.63, 3.8) is 0 Å². The third-order valence-electron chi connectivity index (χ3n) is 6.85. The normalized spacial score (nSPS) is 17.6. The second-order valence-electron chi connectivity index (χ2n) is 11.2. The van der Waals surface area contributed by atoms with Gasteiger partial charge in [-0.3, -0.25) is 9.59 Å². The highest BCUT2D eigenvalue weighted by Crippen LogP contribution is 2.32. The molecule has 39 heavy (non-hydrogen) atoms. The second-order valence-corrected chi connectivity index (χ2v) is 11.2. The van der Waals surface area contributed by atoms with Gasteiger partial charge in [-0.2, -0.15) is 0 Å². The molecule has 1 aromatic heterocycles. The molecule has 5 rings (SSSR count). The van der Waals surface area contributed by atoms with Crippen LogP contribution in [0.3, 0.4) is 0 Å². The van der Waals surface area contributed by atoms with E-state index in [1.165, 1.54) is 0 Å².